The van der Waals surface area contributed by atoms with Crippen LogP contribution in [0.15, 0.2) is 0 Å². The summed E-state index contributed by atoms with van der Waals surface area (Å²) in [5.41, 5.74) is 0. The molecule has 1 aliphatic rings. The zero-order chi connectivity index (χ0) is 11.1. The van der Waals surface area contributed by atoms with Crippen LogP contribution in [0.25, 0.3) is 0 Å². The van der Waals surface area contributed by atoms with Crippen LogP contribution < -0.4 is 5.32 Å². The van der Waals surface area contributed by atoms with Crippen LogP contribution in [-0.2, 0) is 9.53 Å². The smallest absolute Gasteiger partial charge is 0.234 e. The van der Waals surface area contributed by atoms with E-state index in [1.165, 1.54) is 0 Å². The largest absolute Gasteiger partial charge is 0.376 e. The van der Waals surface area contributed by atoms with Crippen LogP contribution in [0.5, 0.6) is 0 Å². The maximum absolute atomic E-state index is 11.4. The van der Waals surface area contributed by atoms with Gasteiger partial charge in [-0.15, -0.1) is 0 Å². The van der Waals surface area contributed by atoms with Crippen molar-refractivity contribution in [3.63, 3.8) is 0 Å². The molecule has 1 rings (SSSR count). The Kier molecular flexibility index (Phi) is 5.08. The molecule has 0 aromatic carbocycles. The highest BCUT2D eigenvalue weighted by Crippen LogP contribution is 2.03. The molecule has 1 saturated heterocycles. The quantitative estimate of drug-likeness (QED) is 0.650. The topological polar surface area (TPSA) is 65.4 Å². The van der Waals surface area contributed by atoms with E-state index in [-0.39, 0.29) is 12.0 Å². The summed E-state index contributed by atoms with van der Waals surface area (Å²) in [7, 11) is 0. The number of ether oxygens (including phenoxy) is 1. The number of hydrogen-bond donors (Lipinski definition) is 1. The van der Waals surface area contributed by atoms with Crippen LogP contribution >= 0.6 is 0 Å². The fourth-order valence-electron chi connectivity index (χ4n) is 1.55. The highest BCUT2D eigenvalue weighted by Gasteiger charge is 2.18. The Labute approximate surface area is 90.0 Å². The molecule has 1 aliphatic heterocycles. The number of carbonyl (C=O) groups is 1. The van der Waals surface area contributed by atoms with Crippen LogP contribution in [0.1, 0.15) is 13.3 Å². The summed E-state index contributed by atoms with van der Waals surface area (Å²) in [6.45, 7) is 5.13. The maximum Gasteiger partial charge on any atom is 0.234 e. The first kappa shape index (κ1) is 12.0. The maximum atomic E-state index is 11.4. The molecule has 1 unspecified atom stereocenters. The lowest BCUT2D eigenvalue weighted by atomic mass is 10.3. The van der Waals surface area contributed by atoms with E-state index in [1.807, 2.05) is 13.0 Å². The molecule has 0 bridgehead atoms. The standard InChI is InChI=1S/C10H17N3O2/c1-9-7-13(5-6-15-9)8-10(14)12-4-2-3-11/h9H,2,4-8H2,1H3,(H,12,14). The fraction of sp³-hybridized carbons (Fsp3) is 0.800. The molecule has 0 aromatic rings. The van der Waals surface area contributed by atoms with E-state index in [4.69, 9.17) is 10.00 Å². The molecule has 5 heteroatoms. The lowest BCUT2D eigenvalue weighted by molar-refractivity contribution is -0.124. The minimum atomic E-state index is -0.0145. The predicted octanol–water partition coefficient (Wildman–Crippen LogP) is -0.263. The van der Waals surface area contributed by atoms with Crippen molar-refractivity contribution in [3.05, 3.63) is 0 Å². The van der Waals surface area contributed by atoms with E-state index in [1.54, 1.807) is 0 Å². The number of morpholine rings is 1. The Morgan fingerprint density at radius 1 is 1.73 bits per heavy atom. The molecule has 1 atom stereocenters. The monoisotopic (exact) mass is 211 g/mol. The molecule has 0 saturated carbocycles. The van der Waals surface area contributed by atoms with E-state index >= 15 is 0 Å². The number of nitriles is 1. The minimum absolute atomic E-state index is 0.0145. The number of amides is 1. The van der Waals surface area contributed by atoms with Crippen LogP contribution in [0, 0.1) is 11.3 Å². The molecule has 0 spiro atoms. The Hall–Kier alpha value is -1.12. The Morgan fingerprint density at radius 3 is 3.20 bits per heavy atom. The number of hydrogen-bond acceptors (Lipinski definition) is 4. The molecule has 0 radical (unpaired) electrons. The predicted molar refractivity (Wildman–Crippen MR) is 55.1 cm³/mol. The van der Waals surface area contributed by atoms with Gasteiger partial charge in [0.1, 0.15) is 0 Å². The van der Waals surface area contributed by atoms with Crippen LogP contribution in [0.2, 0.25) is 0 Å². The zero-order valence-electron chi connectivity index (χ0n) is 9.03. The second kappa shape index (κ2) is 6.38. The third-order valence-electron chi connectivity index (χ3n) is 2.25. The molecule has 15 heavy (non-hydrogen) atoms. The Balaban J connectivity index is 2.16. The summed E-state index contributed by atoms with van der Waals surface area (Å²) in [6.07, 6.45) is 0.566. The summed E-state index contributed by atoms with van der Waals surface area (Å²) in [6, 6.07) is 1.99. The van der Waals surface area contributed by atoms with Crippen molar-refractivity contribution in [2.24, 2.45) is 0 Å². The molecule has 0 aliphatic carbocycles. The normalized spacial score (nSPS) is 22.0. The average Bonchev–Trinajstić information content (AvgIpc) is 2.18. The van der Waals surface area contributed by atoms with Crippen LogP contribution in [0.3, 0.4) is 0 Å². The van der Waals surface area contributed by atoms with Gasteiger partial charge in [-0.25, -0.2) is 0 Å². The highest BCUT2D eigenvalue weighted by molar-refractivity contribution is 5.78. The second-order valence-electron chi connectivity index (χ2n) is 3.67. The van der Waals surface area contributed by atoms with Gasteiger partial charge in [0.2, 0.25) is 5.91 Å². The van der Waals surface area contributed by atoms with E-state index in [0.29, 0.717) is 26.1 Å². The number of nitrogens with one attached hydrogen (secondary N) is 1. The highest BCUT2D eigenvalue weighted by atomic mass is 16.5. The first-order valence-corrected chi connectivity index (χ1v) is 5.20. The van der Waals surface area contributed by atoms with Crippen molar-refractivity contribution < 1.29 is 9.53 Å². The van der Waals surface area contributed by atoms with Gasteiger partial charge in [-0.05, 0) is 6.92 Å². The lowest BCUT2D eigenvalue weighted by Crippen LogP contribution is -2.46. The van der Waals surface area contributed by atoms with Gasteiger partial charge >= 0.3 is 0 Å². The minimum Gasteiger partial charge on any atom is -0.376 e. The van der Waals surface area contributed by atoms with Crippen LogP contribution in [-0.4, -0.2) is 49.7 Å². The summed E-state index contributed by atoms with van der Waals surface area (Å²) >= 11 is 0. The number of nitrogens with zero attached hydrogens (tertiary/aromatic N) is 2. The molecule has 1 fully saturated rings. The Bertz CT molecular complexity index is 250. The van der Waals surface area contributed by atoms with Gasteiger partial charge in [-0.1, -0.05) is 0 Å². The van der Waals surface area contributed by atoms with Gasteiger partial charge in [0.15, 0.2) is 0 Å². The van der Waals surface area contributed by atoms with Crippen molar-refractivity contribution in [1.82, 2.24) is 10.2 Å². The molecule has 84 valence electrons. The number of carbonyl (C=O) groups excluding carboxylic acids is 1. The molecular weight excluding hydrogens is 194 g/mol. The molecule has 0 aromatic heterocycles. The van der Waals surface area contributed by atoms with Gasteiger partial charge in [-0.2, -0.15) is 5.26 Å². The van der Waals surface area contributed by atoms with E-state index in [9.17, 15) is 4.79 Å². The molecule has 5 nitrogen and oxygen atoms in total. The van der Waals surface area contributed by atoms with Crippen LogP contribution in [0.4, 0.5) is 0 Å². The van der Waals surface area contributed by atoms with Gasteiger partial charge in [-0.3, -0.25) is 9.69 Å². The second-order valence-corrected chi connectivity index (χ2v) is 3.67. The SMILES string of the molecule is CC1CN(CC(=O)NCCC#N)CCO1. The third kappa shape index (κ3) is 4.77. The van der Waals surface area contributed by atoms with Gasteiger partial charge in [0.05, 0.1) is 31.7 Å². The van der Waals surface area contributed by atoms with E-state index in [0.717, 1.165) is 13.1 Å². The van der Waals surface area contributed by atoms with Gasteiger partial charge in [0, 0.05) is 19.6 Å². The van der Waals surface area contributed by atoms with Gasteiger partial charge in [0.25, 0.3) is 0 Å². The van der Waals surface area contributed by atoms with Crippen molar-refractivity contribution >= 4 is 5.91 Å². The Morgan fingerprint density at radius 2 is 2.53 bits per heavy atom. The van der Waals surface area contributed by atoms with E-state index < -0.39 is 0 Å². The van der Waals surface area contributed by atoms with Crippen molar-refractivity contribution in [1.29, 1.82) is 5.26 Å². The van der Waals surface area contributed by atoms with E-state index in [2.05, 4.69) is 10.2 Å². The van der Waals surface area contributed by atoms with Crippen molar-refractivity contribution in [2.45, 2.75) is 19.4 Å². The molecular formula is C10H17N3O2. The van der Waals surface area contributed by atoms with Crippen molar-refractivity contribution in [2.75, 3.05) is 32.8 Å². The lowest BCUT2D eigenvalue weighted by Gasteiger charge is -2.30. The summed E-state index contributed by atoms with van der Waals surface area (Å²) < 4.78 is 5.37. The summed E-state index contributed by atoms with van der Waals surface area (Å²) in [5, 5.41) is 11.0. The fourth-order valence-corrected chi connectivity index (χ4v) is 1.55. The third-order valence-corrected chi connectivity index (χ3v) is 2.25. The number of rotatable bonds is 4. The first-order chi connectivity index (χ1) is 7.22. The summed E-state index contributed by atoms with van der Waals surface area (Å²) in [5.74, 6) is -0.0145. The van der Waals surface area contributed by atoms with Gasteiger partial charge < -0.3 is 10.1 Å². The molecule has 1 heterocycles. The zero-order valence-corrected chi connectivity index (χ0v) is 9.03. The molecule has 1 amide bonds. The molecule has 1 N–H and O–H groups in total. The summed E-state index contributed by atoms with van der Waals surface area (Å²) in [4.78, 5) is 13.5. The van der Waals surface area contributed by atoms with Crippen molar-refractivity contribution in [3.8, 4) is 6.07 Å². The average molecular weight is 211 g/mol. The first-order valence-electron chi connectivity index (χ1n) is 5.20.